The van der Waals surface area contributed by atoms with Crippen LogP contribution in [0.1, 0.15) is 44.1 Å². The van der Waals surface area contributed by atoms with Crippen LogP contribution in [0.5, 0.6) is 0 Å². The van der Waals surface area contributed by atoms with Gasteiger partial charge >= 0.3 is 0 Å². The zero-order chi connectivity index (χ0) is 14.8. The Morgan fingerprint density at radius 1 is 1.18 bits per heavy atom. The molecule has 3 heterocycles. The summed E-state index contributed by atoms with van der Waals surface area (Å²) in [5.74, 6) is 0. The lowest BCUT2D eigenvalue weighted by Gasteiger charge is -2.55. The molecule has 1 unspecified atom stereocenters. The predicted molar refractivity (Wildman–Crippen MR) is 84.6 cm³/mol. The molecule has 1 saturated carbocycles. The van der Waals surface area contributed by atoms with E-state index in [-0.39, 0.29) is 5.60 Å². The highest BCUT2D eigenvalue weighted by Crippen LogP contribution is 2.39. The van der Waals surface area contributed by atoms with Crippen LogP contribution in [0.25, 0.3) is 0 Å². The molecule has 4 rings (SSSR count). The maximum Gasteiger partial charge on any atom is 0.0959 e. The first-order valence-corrected chi connectivity index (χ1v) is 8.72. The molecule has 4 heteroatoms. The number of pyridine rings is 1. The average molecular weight is 302 g/mol. The van der Waals surface area contributed by atoms with Crippen LogP contribution in [0.2, 0.25) is 0 Å². The number of ether oxygens (including phenoxy) is 2. The minimum Gasteiger partial charge on any atom is -0.373 e. The summed E-state index contributed by atoms with van der Waals surface area (Å²) in [4.78, 5) is 6.69. The molecule has 0 amide bonds. The van der Waals surface area contributed by atoms with Gasteiger partial charge in [-0.15, -0.1) is 0 Å². The Morgan fingerprint density at radius 3 is 2.73 bits per heavy atom. The molecule has 1 atom stereocenters. The van der Waals surface area contributed by atoms with Crippen molar-refractivity contribution in [2.24, 2.45) is 0 Å². The van der Waals surface area contributed by atoms with Gasteiger partial charge in [0, 0.05) is 44.6 Å². The lowest BCUT2D eigenvalue weighted by atomic mass is 9.83. The molecule has 120 valence electrons. The van der Waals surface area contributed by atoms with Crippen LogP contribution in [0.15, 0.2) is 24.5 Å². The zero-order valence-electron chi connectivity index (χ0n) is 13.2. The van der Waals surface area contributed by atoms with Gasteiger partial charge in [-0.2, -0.15) is 0 Å². The van der Waals surface area contributed by atoms with E-state index in [9.17, 15) is 0 Å². The number of aromatic nitrogens is 1. The molecule has 0 N–H and O–H groups in total. The van der Waals surface area contributed by atoms with Crippen molar-refractivity contribution in [1.29, 1.82) is 0 Å². The van der Waals surface area contributed by atoms with Gasteiger partial charge in [0.2, 0.25) is 0 Å². The fourth-order valence-corrected chi connectivity index (χ4v) is 4.26. The summed E-state index contributed by atoms with van der Waals surface area (Å²) in [6.07, 6.45) is 11.7. The number of hydrogen-bond donors (Lipinski definition) is 0. The summed E-state index contributed by atoms with van der Waals surface area (Å²) in [6, 6.07) is 4.88. The van der Waals surface area contributed by atoms with Crippen molar-refractivity contribution in [2.45, 2.75) is 62.9 Å². The van der Waals surface area contributed by atoms with Gasteiger partial charge in [0.25, 0.3) is 0 Å². The highest BCUT2D eigenvalue weighted by Gasteiger charge is 2.49. The van der Waals surface area contributed by atoms with E-state index in [1.807, 2.05) is 24.5 Å². The molecule has 0 radical (unpaired) electrons. The van der Waals surface area contributed by atoms with Gasteiger partial charge in [0.05, 0.1) is 18.3 Å². The summed E-state index contributed by atoms with van der Waals surface area (Å²) >= 11 is 0. The third kappa shape index (κ3) is 3.05. The van der Waals surface area contributed by atoms with Crippen LogP contribution in [-0.4, -0.2) is 47.3 Å². The van der Waals surface area contributed by atoms with Crippen LogP contribution in [-0.2, 0) is 16.1 Å². The quantitative estimate of drug-likeness (QED) is 0.856. The second kappa shape index (κ2) is 6.26. The normalized spacial score (nSPS) is 28.8. The van der Waals surface area contributed by atoms with Crippen LogP contribution in [0, 0.1) is 0 Å². The molecule has 22 heavy (non-hydrogen) atoms. The molecule has 4 nitrogen and oxygen atoms in total. The monoisotopic (exact) mass is 302 g/mol. The van der Waals surface area contributed by atoms with Crippen LogP contribution in [0.4, 0.5) is 0 Å². The van der Waals surface area contributed by atoms with Crippen molar-refractivity contribution in [3.8, 4) is 0 Å². The molecule has 0 aromatic carbocycles. The minimum atomic E-state index is 0.0871. The smallest absolute Gasteiger partial charge is 0.0959 e. The Morgan fingerprint density at radius 2 is 1.95 bits per heavy atom. The minimum absolute atomic E-state index is 0.0871. The topological polar surface area (TPSA) is 34.6 Å². The Balaban J connectivity index is 1.27. The van der Waals surface area contributed by atoms with Crippen molar-refractivity contribution in [1.82, 2.24) is 9.88 Å². The molecule has 1 aromatic rings. The second-order valence-electron chi connectivity index (χ2n) is 7.16. The van der Waals surface area contributed by atoms with Crippen LogP contribution in [0.3, 0.4) is 0 Å². The molecular formula is C18H26N2O2. The molecule has 3 fully saturated rings. The van der Waals surface area contributed by atoms with Gasteiger partial charge in [-0.1, -0.05) is 12.8 Å². The first-order valence-electron chi connectivity index (χ1n) is 8.72. The van der Waals surface area contributed by atoms with Crippen molar-refractivity contribution < 1.29 is 9.47 Å². The fraction of sp³-hybridized carbons (Fsp3) is 0.722. The molecule has 1 aliphatic carbocycles. The summed E-state index contributed by atoms with van der Waals surface area (Å²) in [5, 5.41) is 0. The molecule has 2 aliphatic heterocycles. The first-order chi connectivity index (χ1) is 10.8. The van der Waals surface area contributed by atoms with Crippen molar-refractivity contribution in [3.63, 3.8) is 0 Å². The number of hydrogen-bond acceptors (Lipinski definition) is 4. The Kier molecular flexibility index (Phi) is 4.16. The number of likely N-dealkylation sites (tertiary alicyclic amines) is 1. The molecule has 0 bridgehead atoms. The predicted octanol–water partition coefficient (Wildman–Crippen LogP) is 2.77. The van der Waals surface area contributed by atoms with Gasteiger partial charge in [-0.05, 0) is 37.0 Å². The van der Waals surface area contributed by atoms with Crippen molar-refractivity contribution in [3.05, 3.63) is 30.1 Å². The largest absolute Gasteiger partial charge is 0.373 e. The number of nitrogens with zero attached hydrogens (tertiary/aromatic N) is 2. The third-order valence-electron chi connectivity index (χ3n) is 5.51. The van der Waals surface area contributed by atoms with Crippen molar-refractivity contribution >= 4 is 0 Å². The van der Waals surface area contributed by atoms with Gasteiger partial charge in [-0.3, -0.25) is 9.88 Å². The standard InChI is InChI=1S/C18H26N2O2/c1-2-4-16(3-1)20-13-18(14-20)11-17(7-10-22-18)21-12-15-5-8-19-9-6-15/h5-6,8-9,16-17H,1-4,7,10-14H2. The molecule has 1 aromatic heterocycles. The Hall–Kier alpha value is -0.970. The van der Waals surface area contributed by atoms with Gasteiger partial charge in [0.1, 0.15) is 0 Å². The van der Waals surface area contributed by atoms with E-state index >= 15 is 0 Å². The van der Waals surface area contributed by atoms with E-state index in [2.05, 4.69) is 9.88 Å². The number of rotatable bonds is 4. The molecule has 2 saturated heterocycles. The molecular weight excluding hydrogens is 276 g/mol. The van der Waals surface area contributed by atoms with Gasteiger partial charge in [0.15, 0.2) is 0 Å². The van der Waals surface area contributed by atoms with E-state index in [1.54, 1.807) is 0 Å². The van der Waals surface area contributed by atoms with E-state index in [4.69, 9.17) is 9.47 Å². The summed E-state index contributed by atoms with van der Waals surface area (Å²) in [7, 11) is 0. The maximum atomic E-state index is 6.14. The van der Waals surface area contributed by atoms with Crippen LogP contribution < -0.4 is 0 Å². The third-order valence-corrected chi connectivity index (χ3v) is 5.51. The first kappa shape index (κ1) is 14.6. The summed E-state index contributed by atoms with van der Waals surface area (Å²) in [5.41, 5.74) is 1.29. The van der Waals surface area contributed by atoms with E-state index in [0.717, 1.165) is 38.6 Å². The van der Waals surface area contributed by atoms with Gasteiger partial charge < -0.3 is 9.47 Å². The van der Waals surface area contributed by atoms with Crippen LogP contribution >= 0.6 is 0 Å². The highest BCUT2D eigenvalue weighted by molar-refractivity contribution is 5.08. The summed E-state index contributed by atoms with van der Waals surface area (Å²) < 4.78 is 12.3. The van der Waals surface area contributed by atoms with E-state index in [1.165, 1.54) is 31.2 Å². The average Bonchev–Trinajstić information content (AvgIpc) is 3.06. The van der Waals surface area contributed by atoms with Gasteiger partial charge in [-0.25, -0.2) is 0 Å². The Bertz CT molecular complexity index is 481. The highest BCUT2D eigenvalue weighted by atomic mass is 16.5. The van der Waals surface area contributed by atoms with E-state index in [0.29, 0.717) is 12.7 Å². The Labute approximate surface area is 132 Å². The lowest BCUT2D eigenvalue weighted by molar-refractivity contribution is -0.206. The fourth-order valence-electron chi connectivity index (χ4n) is 4.26. The zero-order valence-corrected chi connectivity index (χ0v) is 13.2. The lowest BCUT2D eigenvalue weighted by Crippen LogP contribution is -2.67. The SMILES string of the molecule is c1cc(COC2CCOC3(C2)CN(C2CCCC2)C3)ccn1. The van der Waals surface area contributed by atoms with E-state index < -0.39 is 0 Å². The molecule has 1 spiro atoms. The summed E-state index contributed by atoms with van der Waals surface area (Å²) in [6.45, 7) is 3.77. The van der Waals surface area contributed by atoms with Crippen molar-refractivity contribution in [2.75, 3.05) is 19.7 Å². The second-order valence-corrected chi connectivity index (χ2v) is 7.16. The maximum absolute atomic E-state index is 6.14. The molecule has 3 aliphatic rings.